The minimum absolute atomic E-state index is 0.784. The van der Waals surface area contributed by atoms with Crippen LogP contribution in [0.25, 0.3) is 0 Å². The average molecular weight is 729 g/mol. The lowest BCUT2D eigenvalue weighted by molar-refractivity contribution is 0.483. The highest BCUT2D eigenvalue weighted by Crippen LogP contribution is 2.44. The van der Waals surface area contributed by atoms with Crippen molar-refractivity contribution in [3.8, 4) is 11.5 Å². The van der Waals surface area contributed by atoms with Crippen molar-refractivity contribution in [3.05, 3.63) is 168 Å². The second-order valence-electron chi connectivity index (χ2n) is 14.9. The number of ether oxygens (including phenoxy) is 1. The van der Waals surface area contributed by atoms with Crippen molar-refractivity contribution in [1.29, 1.82) is 0 Å². The Morgan fingerprint density at radius 1 is 0.327 bits per heavy atom. The van der Waals surface area contributed by atoms with Crippen molar-refractivity contribution in [1.82, 2.24) is 0 Å². The number of hydrogen-bond acceptors (Lipinski definition) is 3. The molecule has 6 rings (SSSR count). The number of aryl methyl sites for hydroxylation is 4. The highest BCUT2D eigenvalue weighted by atomic mass is 16.5. The minimum atomic E-state index is 0.784. The van der Waals surface area contributed by atoms with E-state index in [-0.39, 0.29) is 0 Å². The summed E-state index contributed by atoms with van der Waals surface area (Å²) in [7, 11) is 0. The Morgan fingerprint density at radius 2 is 0.636 bits per heavy atom. The summed E-state index contributed by atoms with van der Waals surface area (Å²) in [6, 6.07) is 53.4. The smallest absolute Gasteiger partial charge is 0.131 e. The van der Waals surface area contributed by atoms with E-state index in [4.69, 9.17) is 4.74 Å². The topological polar surface area (TPSA) is 15.7 Å². The van der Waals surface area contributed by atoms with E-state index >= 15 is 0 Å². The molecule has 0 bridgehead atoms. The van der Waals surface area contributed by atoms with E-state index in [0.29, 0.717) is 0 Å². The van der Waals surface area contributed by atoms with Crippen LogP contribution in [0.1, 0.15) is 101 Å². The molecule has 0 saturated carbocycles. The standard InChI is InChI=1S/C52H60N2O/c1-5-9-16-41-22-30-45(31-23-41)53(46-32-24-42(25-33-46)17-10-6-2)49-38-50(40-52(39-49)55-51-20-14-13-15-21-51)54(47-34-26-43(27-35-47)18-11-7-3)48-36-28-44(29-37-48)19-12-8-4/h13-15,20-40H,5-12,16-19H2,1-4H3. The Hall–Kier alpha value is -5.28. The van der Waals surface area contributed by atoms with Crippen molar-refractivity contribution in [2.24, 2.45) is 0 Å². The molecule has 0 aromatic heterocycles. The summed E-state index contributed by atoms with van der Waals surface area (Å²) >= 11 is 0. The fraction of sp³-hybridized carbons (Fsp3) is 0.308. The maximum Gasteiger partial charge on any atom is 0.131 e. The number of para-hydroxylation sites is 1. The van der Waals surface area contributed by atoms with E-state index in [1.54, 1.807) is 0 Å². The van der Waals surface area contributed by atoms with E-state index in [1.165, 1.54) is 73.6 Å². The van der Waals surface area contributed by atoms with Gasteiger partial charge in [-0.1, -0.05) is 120 Å². The third kappa shape index (κ3) is 10.9. The minimum Gasteiger partial charge on any atom is -0.457 e. The van der Waals surface area contributed by atoms with Gasteiger partial charge in [-0.2, -0.15) is 0 Å². The molecule has 0 fully saturated rings. The van der Waals surface area contributed by atoms with Crippen LogP contribution in [0.3, 0.4) is 0 Å². The summed E-state index contributed by atoms with van der Waals surface area (Å²) in [6.07, 6.45) is 13.9. The lowest BCUT2D eigenvalue weighted by Gasteiger charge is -2.30. The monoisotopic (exact) mass is 728 g/mol. The molecule has 55 heavy (non-hydrogen) atoms. The van der Waals surface area contributed by atoms with Gasteiger partial charge >= 0.3 is 0 Å². The van der Waals surface area contributed by atoms with Crippen LogP contribution >= 0.6 is 0 Å². The van der Waals surface area contributed by atoms with Crippen LogP contribution in [0.4, 0.5) is 34.1 Å². The maximum atomic E-state index is 6.70. The average Bonchev–Trinajstić information content (AvgIpc) is 3.23. The number of benzene rings is 6. The van der Waals surface area contributed by atoms with E-state index in [1.807, 2.05) is 30.3 Å². The van der Waals surface area contributed by atoms with E-state index < -0.39 is 0 Å². The molecule has 0 atom stereocenters. The zero-order valence-electron chi connectivity index (χ0n) is 33.6. The van der Waals surface area contributed by atoms with Crippen LogP contribution < -0.4 is 14.5 Å². The molecule has 0 aliphatic rings. The van der Waals surface area contributed by atoms with Gasteiger partial charge in [0.05, 0.1) is 11.4 Å². The third-order valence-electron chi connectivity index (χ3n) is 10.4. The number of unbranched alkanes of at least 4 members (excludes halogenated alkanes) is 4. The van der Waals surface area contributed by atoms with Crippen LogP contribution in [0.5, 0.6) is 11.5 Å². The van der Waals surface area contributed by atoms with Crippen molar-refractivity contribution in [3.63, 3.8) is 0 Å². The normalized spacial score (nSPS) is 11.1. The number of hydrogen-bond donors (Lipinski definition) is 0. The van der Waals surface area contributed by atoms with Gasteiger partial charge in [0.1, 0.15) is 11.5 Å². The van der Waals surface area contributed by atoms with Crippen LogP contribution in [0, 0.1) is 0 Å². The molecule has 6 aromatic carbocycles. The molecule has 0 aliphatic carbocycles. The molecular formula is C52H60N2O. The van der Waals surface area contributed by atoms with Gasteiger partial charge in [0.2, 0.25) is 0 Å². The fourth-order valence-electron chi connectivity index (χ4n) is 7.17. The highest BCUT2D eigenvalue weighted by Gasteiger charge is 2.20. The number of rotatable bonds is 20. The first-order chi connectivity index (χ1) is 27.1. The molecule has 0 amide bonds. The van der Waals surface area contributed by atoms with Gasteiger partial charge in [0.25, 0.3) is 0 Å². The van der Waals surface area contributed by atoms with Crippen molar-refractivity contribution in [2.75, 3.05) is 9.80 Å². The van der Waals surface area contributed by atoms with Crippen molar-refractivity contribution < 1.29 is 4.74 Å². The van der Waals surface area contributed by atoms with Gasteiger partial charge in [0, 0.05) is 34.9 Å². The Labute approximate surface area is 331 Å². The molecule has 0 aliphatic heterocycles. The van der Waals surface area contributed by atoms with Gasteiger partial charge in [-0.3, -0.25) is 0 Å². The number of anilines is 6. The van der Waals surface area contributed by atoms with Crippen molar-refractivity contribution in [2.45, 2.75) is 105 Å². The number of nitrogens with zero attached hydrogens (tertiary/aromatic N) is 2. The predicted molar refractivity (Wildman–Crippen MR) is 237 cm³/mol. The zero-order valence-corrected chi connectivity index (χ0v) is 33.6. The largest absolute Gasteiger partial charge is 0.457 e. The van der Waals surface area contributed by atoms with Crippen LogP contribution in [-0.4, -0.2) is 0 Å². The molecule has 284 valence electrons. The van der Waals surface area contributed by atoms with Crippen LogP contribution in [-0.2, 0) is 25.7 Å². The van der Waals surface area contributed by atoms with Crippen LogP contribution in [0.15, 0.2) is 146 Å². The van der Waals surface area contributed by atoms with E-state index in [2.05, 4.69) is 153 Å². The first-order valence-corrected chi connectivity index (χ1v) is 20.9. The molecule has 0 N–H and O–H groups in total. The Morgan fingerprint density at radius 3 is 0.927 bits per heavy atom. The summed E-state index contributed by atoms with van der Waals surface area (Å²) in [6.45, 7) is 9.03. The maximum absolute atomic E-state index is 6.70. The molecule has 0 heterocycles. The molecule has 0 radical (unpaired) electrons. The Kier molecular flexibility index (Phi) is 14.6. The molecule has 6 aromatic rings. The van der Waals surface area contributed by atoms with E-state index in [0.717, 1.165) is 71.3 Å². The summed E-state index contributed by atoms with van der Waals surface area (Å²) in [5, 5.41) is 0. The predicted octanol–water partition coefficient (Wildman–Crippen LogP) is 15.8. The fourth-order valence-corrected chi connectivity index (χ4v) is 7.17. The quantitative estimate of drug-likeness (QED) is 0.0778. The Balaban J connectivity index is 1.52. The Bertz CT molecular complexity index is 1770. The summed E-state index contributed by atoms with van der Waals surface area (Å²) in [5.74, 6) is 1.59. The summed E-state index contributed by atoms with van der Waals surface area (Å²) < 4.78 is 6.70. The third-order valence-corrected chi connectivity index (χ3v) is 10.4. The van der Waals surface area contributed by atoms with Gasteiger partial charge in [-0.25, -0.2) is 0 Å². The van der Waals surface area contributed by atoms with Crippen LogP contribution in [0.2, 0.25) is 0 Å². The lowest BCUT2D eigenvalue weighted by Crippen LogP contribution is -2.14. The first kappa shape index (κ1) is 39.4. The SMILES string of the molecule is CCCCc1ccc(N(c2ccc(CCCC)cc2)c2cc(Oc3ccccc3)cc(N(c3ccc(CCCC)cc3)c3ccc(CCCC)cc3)c2)cc1. The van der Waals surface area contributed by atoms with Gasteiger partial charge in [-0.05, 0) is 140 Å². The molecular weight excluding hydrogens is 669 g/mol. The molecule has 0 saturated heterocycles. The molecule has 0 unspecified atom stereocenters. The first-order valence-electron chi connectivity index (χ1n) is 20.9. The lowest BCUT2D eigenvalue weighted by atomic mass is 10.0. The highest BCUT2D eigenvalue weighted by molar-refractivity contribution is 5.84. The summed E-state index contributed by atoms with van der Waals surface area (Å²) in [4.78, 5) is 4.77. The van der Waals surface area contributed by atoms with Gasteiger partial charge in [0.15, 0.2) is 0 Å². The molecule has 0 spiro atoms. The summed E-state index contributed by atoms with van der Waals surface area (Å²) in [5.41, 5.74) is 12.1. The molecule has 3 heteroatoms. The van der Waals surface area contributed by atoms with E-state index in [9.17, 15) is 0 Å². The second kappa shape index (κ2) is 20.4. The van der Waals surface area contributed by atoms with Crippen molar-refractivity contribution >= 4 is 34.1 Å². The second-order valence-corrected chi connectivity index (χ2v) is 14.9. The van der Waals surface area contributed by atoms with Gasteiger partial charge < -0.3 is 14.5 Å². The van der Waals surface area contributed by atoms with Gasteiger partial charge in [-0.15, -0.1) is 0 Å². The molecule has 3 nitrogen and oxygen atoms in total. The zero-order chi connectivity index (χ0) is 38.2.